The molecule has 0 aromatic carbocycles. The van der Waals surface area contributed by atoms with Crippen molar-refractivity contribution in [3.05, 3.63) is 59.1 Å². The molecule has 1 fully saturated rings. The maximum absolute atomic E-state index is 13.7. The smallest absolute Gasteiger partial charge is 0.337 e. The number of nitrogens with zero attached hydrogens (tertiary/aromatic N) is 10. The van der Waals surface area contributed by atoms with Gasteiger partial charge in [0.15, 0.2) is 5.82 Å². The minimum absolute atomic E-state index is 0.228. The van der Waals surface area contributed by atoms with Crippen molar-refractivity contribution in [3.8, 4) is 11.9 Å². The lowest BCUT2D eigenvalue weighted by molar-refractivity contribution is 0.139. The number of anilines is 1. The van der Waals surface area contributed by atoms with Crippen LogP contribution in [0.5, 0.6) is 0 Å². The highest BCUT2D eigenvalue weighted by molar-refractivity contribution is 5.78. The van der Waals surface area contributed by atoms with Gasteiger partial charge in [0.1, 0.15) is 11.9 Å². The predicted molar refractivity (Wildman–Crippen MR) is 124 cm³/mol. The number of hydrazone groups is 1. The van der Waals surface area contributed by atoms with Crippen molar-refractivity contribution in [1.82, 2.24) is 34.6 Å². The molecule has 3 aromatic rings. The standard InChI is InChI=1S/C23H23FN10O/c1-15-19(12-25)16(2)33(30-15)21-4-5-27-22(29-21)31-7-9-32(10-8-31)23(35)34-20(3-6-28-34)17-11-18(24)14-26-13-17/h4-6,11,13-14,20H,3,7-10H2,1-2H3/t20-/m0/s1. The average Bonchev–Trinajstić information content (AvgIpc) is 3.48. The van der Waals surface area contributed by atoms with E-state index in [0.717, 1.165) is 11.9 Å². The Hall–Kier alpha value is -4.40. The lowest BCUT2D eigenvalue weighted by Crippen LogP contribution is -2.52. The summed E-state index contributed by atoms with van der Waals surface area (Å²) < 4.78 is 15.3. The highest BCUT2D eigenvalue weighted by Crippen LogP contribution is 2.29. The minimum Gasteiger partial charge on any atom is -0.337 e. The molecule has 2 aliphatic rings. The molecule has 12 heteroatoms. The van der Waals surface area contributed by atoms with Gasteiger partial charge in [-0.3, -0.25) is 4.98 Å². The molecule has 2 aliphatic heterocycles. The van der Waals surface area contributed by atoms with E-state index in [2.05, 4.69) is 31.2 Å². The number of urea groups is 1. The van der Waals surface area contributed by atoms with E-state index in [0.29, 0.717) is 61.2 Å². The molecule has 3 aromatic heterocycles. The van der Waals surface area contributed by atoms with Crippen LogP contribution in [-0.4, -0.2) is 73.1 Å². The Morgan fingerprint density at radius 3 is 2.71 bits per heavy atom. The monoisotopic (exact) mass is 474 g/mol. The van der Waals surface area contributed by atoms with Crippen LogP contribution >= 0.6 is 0 Å². The van der Waals surface area contributed by atoms with E-state index in [1.165, 1.54) is 11.1 Å². The number of rotatable bonds is 3. The number of carbonyl (C=O) groups is 1. The van der Waals surface area contributed by atoms with E-state index >= 15 is 0 Å². The molecule has 0 unspecified atom stereocenters. The van der Waals surface area contributed by atoms with E-state index in [1.807, 2.05) is 11.8 Å². The summed E-state index contributed by atoms with van der Waals surface area (Å²) in [4.78, 5) is 29.9. The Labute approximate surface area is 201 Å². The number of pyridine rings is 1. The first kappa shape index (κ1) is 22.4. The first-order valence-electron chi connectivity index (χ1n) is 11.2. The summed E-state index contributed by atoms with van der Waals surface area (Å²) in [6.45, 7) is 5.63. The minimum atomic E-state index is -0.443. The van der Waals surface area contributed by atoms with Crippen LogP contribution in [0.15, 0.2) is 35.8 Å². The molecule has 2 amide bonds. The molecule has 11 nitrogen and oxygen atoms in total. The van der Waals surface area contributed by atoms with Gasteiger partial charge in [0.05, 0.1) is 29.2 Å². The summed E-state index contributed by atoms with van der Waals surface area (Å²) in [5.41, 5.74) is 2.52. The van der Waals surface area contributed by atoms with Crippen molar-refractivity contribution in [2.45, 2.75) is 26.3 Å². The molecule has 0 saturated carbocycles. The molecule has 0 aliphatic carbocycles. The Bertz CT molecular complexity index is 1340. The summed E-state index contributed by atoms with van der Waals surface area (Å²) in [5, 5.41) is 19.4. The molecule has 5 rings (SSSR count). The zero-order valence-electron chi connectivity index (χ0n) is 19.3. The molecule has 0 radical (unpaired) electrons. The number of amides is 2. The highest BCUT2D eigenvalue weighted by Gasteiger charge is 2.33. The number of halogens is 1. The number of carbonyl (C=O) groups excluding carboxylic acids is 1. The first-order chi connectivity index (χ1) is 17.0. The SMILES string of the molecule is Cc1nn(-c2ccnc(N3CCN(C(=O)N4N=CC[C@H]4c4cncc(F)c4)CC3)n2)c(C)c1C#N. The van der Waals surface area contributed by atoms with Gasteiger partial charge < -0.3 is 9.80 Å². The average molecular weight is 475 g/mol. The van der Waals surface area contributed by atoms with Crippen LogP contribution in [0.25, 0.3) is 5.82 Å². The third-order valence-electron chi connectivity index (χ3n) is 6.22. The second-order valence-corrected chi connectivity index (χ2v) is 8.37. The van der Waals surface area contributed by atoms with Crippen LogP contribution in [0.1, 0.15) is 35.0 Å². The van der Waals surface area contributed by atoms with Crippen molar-refractivity contribution in [2.75, 3.05) is 31.1 Å². The number of piperazine rings is 1. The van der Waals surface area contributed by atoms with Gasteiger partial charge in [-0.05, 0) is 25.5 Å². The Balaban J connectivity index is 1.27. The predicted octanol–water partition coefficient (Wildman–Crippen LogP) is 2.36. The maximum atomic E-state index is 13.7. The number of aromatic nitrogens is 5. The highest BCUT2D eigenvalue weighted by atomic mass is 19.1. The van der Waals surface area contributed by atoms with Crippen LogP contribution < -0.4 is 4.90 Å². The molecule has 1 saturated heterocycles. The van der Waals surface area contributed by atoms with Gasteiger partial charge in [-0.2, -0.15) is 20.4 Å². The molecule has 1 atom stereocenters. The molecule has 0 bridgehead atoms. The Morgan fingerprint density at radius 2 is 2.00 bits per heavy atom. The lowest BCUT2D eigenvalue weighted by Gasteiger charge is -2.37. The summed E-state index contributed by atoms with van der Waals surface area (Å²) >= 11 is 0. The van der Waals surface area contributed by atoms with Crippen molar-refractivity contribution in [1.29, 1.82) is 5.26 Å². The lowest BCUT2D eigenvalue weighted by atomic mass is 10.1. The summed E-state index contributed by atoms with van der Waals surface area (Å²) in [7, 11) is 0. The van der Waals surface area contributed by atoms with Gasteiger partial charge >= 0.3 is 6.03 Å². The van der Waals surface area contributed by atoms with Crippen molar-refractivity contribution in [2.24, 2.45) is 5.10 Å². The largest absolute Gasteiger partial charge is 0.341 e. The number of hydrogen-bond acceptors (Lipinski definition) is 8. The van der Waals surface area contributed by atoms with Crippen LogP contribution in [0.2, 0.25) is 0 Å². The number of hydrogen-bond donors (Lipinski definition) is 0. The summed E-state index contributed by atoms with van der Waals surface area (Å²) in [6, 6.07) is 4.71. The zero-order chi connectivity index (χ0) is 24.5. The van der Waals surface area contributed by atoms with Crippen LogP contribution in [-0.2, 0) is 0 Å². The van der Waals surface area contributed by atoms with Crippen molar-refractivity contribution in [3.63, 3.8) is 0 Å². The Morgan fingerprint density at radius 1 is 1.20 bits per heavy atom. The molecule has 0 N–H and O–H groups in total. The van der Waals surface area contributed by atoms with Gasteiger partial charge in [0, 0.05) is 57.3 Å². The van der Waals surface area contributed by atoms with E-state index in [-0.39, 0.29) is 12.1 Å². The zero-order valence-corrected chi connectivity index (χ0v) is 19.3. The molecule has 0 spiro atoms. The quantitative estimate of drug-likeness (QED) is 0.572. The first-order valence-corrected chi connectivity index (χ1v) is 11.2. The second kappa shape index (κ2) is 9.09. The maximum Gasteiger partial charge on any atom is 0.341 e. The van der Waals surface area contributed by atoms with E-state index < -0.39 is 5.82 Å². The van der Waals surface area contributed by atoms with Gasteiger partial charge in [-0.1, -0.05) is 0 Å². The summed E-state index contributed by atoms with van der Waals surface area (Å²) in [5.74, 6) is 0.666. The van der Waals surface area contributed by atoms with Crippen molar-refractivity contribution < 1.29 is 9.18 Å². The van der Waals surface area contributed by atoms with Gasteiger partial charge in [0.25, 0.3) is 0 Å². The fourth-order valence-electron chi connectivity index (χ4n) is 4.37. The normalized spacial score (nSPS) is 17.7. The Kier molecular flexibility index (Phi) is 5.82. The van der Waals surface area contributed by atoms with Crippen LogP contribution in [0.4, 0.5) is 15.1 Å². The van der Waals surface area contributed by atoms with Crippen LogP contribution in [0, 0.1) is 31.0 Å². The third-order valence-corrected chi connectivity index (χ3v) is 6.22. The molecular weight excluding hydrogens is 451 g/mol. The third kappa shape index (κ3) is 4.16. The van der Waals surface area contributed by atoms with Gasteiger partial charge in [-0.15, -0.1) is 0 Å². The molecule has 35 heavy (non-hydrogen) atoms. The second-order valence-electron chi connectivity index (χ2n) is 8.37. The topological polar surface area (TPSA) is 119 Å². The van der Waals surface area contributed by atoms with Crippen molar-refractivity contribution >= 4 is 18.2 Å². The van der Waals surface area contributed by atoms with Gasteiger partial charge in [0.2, 0.25) is 5.95 Å². The van der Waals surface area contributed by atoms with E-state index in [1.54, 1.807) is 41.2 Å². The molecular formula is C23H23FN10O. The van der Waals surface area contributed by atoms with E-state index in [9.17, 15) is 14.4 Å². The van der Waals surface area contributed by atoms with Gasteiger partial charge in [-0.25, -0.2) is 23.9 Å². The number of nitriles is 1. The summed E-state index contributed by atoms with van der Waals surface area (Å²) in [6.07, 6.45) is 6.54. The van der Waals surface area contributed by atoms with E-state index in [4.69, 9.17) is 0 Å². The molecule has 178 valence electrons. The number of aryl methyl sites for hydroxylation is 1. The fraction of sp³-hybridized carbons (Fsp3) is 0.348. The molecule has 5 heterocycles. The fourth-order valence-corrected chi connectivity index (χ4v) is 4.37. The van der Waals surface area contributed by atoms with Crippen LogP contribution in [0.3, 0.4) is 0 Å².